The molecule has 1 aromatic heterocycles. The minimum atomic E-state index is -0.131. The minimum Gasteiger partial charge on any atom is -0.368 e. The molecule has 4 rings (SSSR count). The van der Waals surface area contributed by atoms with Gasteiger partial charge in [-0.05, 0) is 42.5 Å². The van der Waals surface area contributed by atoms with Crippen molar-refractivity contribution in [1.82, 2.24) is 10.2 Å². The molecule has 0 unspecified atom stereocenters. The molecule has 8 heteroatoms. The number of anilines is 1. The summed E-state index contributed by atoms with van der Waals surface area (Å²) in [4.78, 5) is 17.0. The number of hydrogen-bond donors (Lipinski definition) is 2. The average molecular weight is 498 g/mol. The van der Waals surface area contributed by atoms with E-state index in [1.54, 1.807) is 30.5 Å². The summed E-state index contributed by atoms with van der Waals surface area (Å²) >= 11 is 12.5. The van der Waals surface area contributed by atoms with Crippen LogP contribution in [0.15, 0.2) is 79.0 Å². The highest BCUT2D eigenvalue weighted by Gasteiger charge is 2.19. The van der Waals surface area contributed by atoms with Gasteiger partial charge in [-0.1, -0.05) is 41.4 Å². The van der Waals surface area contributed by atoms with Crippen molar-refractivity contribution >= 4 is 34.8 Å². The van der Waals surface area contributed by atoms with Crippen LogP contribution < -0.4 is 14.9 Å². The van der Waals surface area contributed by atoms with Gasteiger partial charge in [-0.2, -0.15) is 0 Å². The summed E-state index contributed by atoms with van der Waals surface area (Å²) < 4.78 is 1.06. The molecule has 0 atom stereocenters. The number of carbonyl (C=O) groups excluding carboxylic acids is 1. The van der Waals surface area contributed by atoms with Gasteiger partial charge < -0.3 is 10.2 Å². The van der Waals surface area contributed by atoms with Crippen molar-refractivity contribution in [1.29, 1.82) is 0 Å². The number of halogens is 2. The number of nitrogens with one attached hydrogen (secondary N) is 1. The van der Waals surface area contributed by atoms with Crippen molar-refractivity contribution in [3.05, 3.63) is 94.6 Å². The van der Waals surface area contributed by atoms with Crippen LogP contribution in [0.4, 0.5) is 5.69 Å². The Morgan fingerprint density at radius 1 is 0.971 bits per heavy atom. The summed E-state index contributed by atoms with van der Waals surface area (Å²) in [5.74, 6) is -0.131. The van der Waals surface area contributed by atoms with Crippen LogP contribution in [0.5, 0.6) is 0 Å². The second-order valence-corrected chi connectivity index (χ2v) is 8.83. The first-order valence-electron chi connectivity index (χ1n) is 11.2. The van der Waals surface area contributed by atoms with Crippen LogP contribution in [0.3, 0.4) is 0 Å². The fourth-order valence-electron chi connectivity index (χ4n) is 3.92. The van der Waals surface area contributed by atoms with Crippen LogP contribution in [0.25, 0.3) is 11.3 Å². The Labute approximate surface area is 209 Å². The van der Waals surface area contributed by atoms with Gasteiger partial charge in [0.2, 0.25) is 6.20 Å². The van der Waals surface area contributed by atoms with E-state index in [2.05, 4.69) is 21.2 Å². The van der Waals surface area contributed by atoms with Gasteiger partial charge in [-0.15, -0.1) is 0 Å². The Hall–Kier alpha value is -3.06. The Bertz CT molecular complexity index is 1160. The predicted octanol–water partition coefficient (Wildman–Crippen LogP) is 4.29. The molecule has 3 aromatic rings. The van der Waals surface area contributed by atoms with E-state index in [1.807, 2.05) is 42.5 Å². The van der Waals surface area contributed by atoms with Gasteiger partial charge >= 0.3 is 0 Å². The van der Waals surface area contributed by atoms with Crippen LogP contribution in [0, 0.1) is 0 Å². The molecule has 2 aromatic carbocycles. The van der Waals surface area contributed by atoms with E-state index in [4.69, 9.17) is 23.2 Å². The van der Waals surface area contributed by atoms with Crippen molar-refractivity contribution in [3.8, 4) is 11.3 Å². The van der Waals surface area contributed by atoms with Gasteiger partial charge in [0.25, 0.3) is 11.6 Å². The van der Waals surface area contributed by atoms with Crippen molar-refractivity contribution in [2.45, 2.75) is 0 Å². The normalized spacial score (nSPS) is 14.5. The van der Waals surface area contributed by atoms with Crippen molar-refractivity contribution in [3.63, 3.8) is 0 Å². The maximum Gasteiger partial charge on any atom is 0.264 e. The Balaban J connectivity index is 1.20. The number of hydrogen-bond acceptors (Lipinski definition) is 4. The van der Waals surface area contributed by atoms with E-state index in [9.17, 15) is 10.0 Å². The lowest BCUT2D eigenvalue weighted by molar-refractivity contribution is -0.896. The maximum absolute atomic E-state index is 12.4. The maximum atomic E-state index is 12.4. The van der Waals surface area contributed by atoms with Gasteiger partial charge in [0.1, 0.15) is 0 Å². The highest BCUT2D eigenvalue weighted by Crippen LogP contribution is 2.32. The molecule has 34 heavy (non-hydrogen) atoms. The summed E-state index contributed by atoms with van der Waals surface area (Å²) in [6.07, 6.45) is 5.63. The first kappa shape index (κ1) is 24.1. The van der Waals surface area contributed by atoms with Crippen LogP contribution in [-0.2, 0) is 0 Å². The number of benzene rings is 2. The van der Waals surface area contributed by atoms with Crippen LogP contribution in [-0.4, -0.2) is 55.3 Å². The molecular formula is C26H27Cl2N4O2+. The van der Waals surface area contributed by atoms with Crippen LogP contribution in [0.1, 0.15) is 10.4 Å². The van der Waals surface area contributed by atoms with Crippen LogP contribution in [0.2, 0.25) is 10.0 Å². The SMILES string of the molecule is O=C(NC/C=C/CN1CCN(c2cccc(Cl)c2Cl)CC1)c1ccc(-c2cccc[n+]2O)cc1. The number of nitrogens with zero attached hydrogens (tertiary/aromatic N) is 3. The molecule has 2 heterocycles. The molecule has 0 bridgehead atoms. The zero-order chi connectivity index (χ0) is 23.9. The third kappa shape index (κ3) is 5.89. The number of pyridine rings is 1. The fourth-order valence-corrected chi connectivity index (χ4v) is 4.34. The Morgan fingerprint density at radius 3 is 2.47 bits per heavy atom. The molecule has 0 radical (unpaired) electrons. The fraction of sp³-hybridized carbons (Fsp3) is 0.231. The summed E-state index contributed by atoms with van der Waals surface area (Å²) in [5.41, 5.74) is 3.05. The number of aromatic nitrogens is 1. The van der Waals surface area contributed by atoms with Crippen molar-refractivity contribution < 1.29 is 14.7 Å². The lowest BCUT2D eigenvalue weighted by Crippen LogP contribution is -2.46. The number of rotatable bonds is 7. The highest BCUT2D eigenvalue weighted by atomic mass is 35.5. The molecule has 0 spiro atoms. The van der Waals surface area contributed by atoms with E-state index in [0.717, 1.165) is 48.7 Å². The molecule has 1 aliphatic heterocycles. The summed E-state index contributed by atoms with van der Waals surface area (Å²) in [7, 11) is 0. The van der Waals surface area contributed by atoms with E-state index in [1.165, 1.54) is 0 Å². The molecule has 1 aliphatic rings. The predicted molar refractivity (Wildman–Crippen MR) is 136 cm³/mol. The molecule has 0 aliphatic carbocycles. The largest absolute Gasteiger partial charge is 0.368 e. The highest BCUT2D eigenvalue weighted by molar-refractivity contribution is 6.43. The monoisotopic (exact) mass is 497 g/mol. The first-order valence-corrected chi connectivity index (χ1v) is 11.9. The van der Waals surface area contributed by atoms with E-state index >= 15 is 0 Å². The second-order valence-electron chi connectivity index (χ2n) is 8.05. The van der Waals surface area contributed by atoms with E-state index < -0.39 is 0 Å². The van der Waals surface area contributed by atoms with Gasteiger partial charge in [0.05, 0.1) is 21.3 Å². The average Bonchev–Trinajstić information content (AvgIpc) is 2.86. The number of carbonyl (C=O) groups is 1. The lowest BCUT2D eigenvalue weighted by Gasteiger charge is -2.36. The molecule has 1 amide bonds. The third-order valence-corrected chi connectivity index (χ3v) is 6.65. The molecule has 176 valence electrons. The standard InChI is InChI=1S/C26H26Cl2N4O2/c27-22-6-5-8-24(25(22)28)31-18-16-30(17-19-31)14-4-2-13-29-26(33)21-11-9-20(10-12-21)23-7-1-3-15-32(23)34/h1-12,15H,13-14,16-19H2,(H-,29,33,34)/p+1/b4-2+. The second kappa shape index (κ2) is 11.4. The van der Waals surface area contributed by atoms with Gasteiger partial charge in [-0.25, -0.2) is 0 Å². The number of piperazine rings is 1. The molecular weight excluding hydrogens is 471 g/mol. The van der Waals surface area contributed by atoms with Gasteiger partial charge in [0.15, 0.2) is 0 Å². The van der Waals surface area contributed by atoms with E-state index in [0.29, 0.717) is 27.8 Å². The molecule has 1 fully saturated rings. The van der Waals surface area contributed by atoms with Crippen molar-refractivity contribution in [2.75, 3.05) is 44.2 Å². The topological polar surface area (TPSA) is 59.7 Å². The van der Waals surface area contributed by atoms with Gasteiger partial charge in [0, 0.05) is 61.7 Å². The Morgan fingerprint density at radius 2 is 1.74 bits per heavy atom. The van der Waals surface area contributed by atoms with Crippen LogP contribution >= 0.6 is 23.2 Å². The smallest absolute Gasteiger partial charge is 0.264 e. The van der Waals surface area contributed by atoms with Crippen molar-refractivity contribution in [2.24, 2.45) is 0 Å². The summed E-state index contributed by atoms with van der Waals surface area (Å²) in [5, 5.41) is 14.0. The lowest BCUT2D eigenvalue weighted by atomic mass is 10.1. The zero-order valence-corrected chi connectivity index (χ0v) is 20.2. The summed E-state index contributed by atoms with van der Waals surface area (Å²) in [6, 6.07) is 18.3. The molecule has 2 N–H and O–H groups in total. The van der Waals surface area contributed by atoms with E-state index in [-0.39, 0.29) is 5.91 Å². The molecule has 1 saturated heterocycles. The van der Waals surface area contributed by atoms with Gasteiger partial charge in [-0.3, -0.25) is 14.9 Å². The molecule has 0 saturated carbocycles. The quantitative estimate of drug-likeness (QED) is 0.290. The first-order chi connectivity index (χ1) is 16.5. The Kier molecular flexibility index (Phi) is 8.06. The zero-order valence-electron chi connectivity index (χ0n) is 18.7. The molecule has 6 nitrogen and oxygen atoms in total. The third-order valence-electron chi connectivity index (χ3n) is 5.84. The summed E-state index contributed by atoms with van der Waals surface area (Å²) in [6.45, 7) is 4.94. The minimum absolute atomic E-state index is 0.131. The number of amides is 1.